The van der Waals surface area contributed by atoms with Gasteiger partial charge in [0.05, 0.1) is 13.2 Å². The molecule has 0 saturated carbocycles. The second-order valence-corrected chi connectivity index (χ2v) is 5.82. The largest absolute Gasteiger partial charge is 0.379 e. The van der Waals surface area contributed by atoms with E-state index in [0.717, 1.165) is 39.3 Å². The van der Waals surface area contributed by atoms with E-state index < -0.39 is 10.0 Å². The minimum atomic E-state index is -3.25. The van der Waals surface area contributed by atoms with Crippen molar-refractivity contribution in [3.63, 3.8) is 0 Å². The lowest BCUT2D eigenvalue weighted by atomic mass is 10.3. The summed E-state index contributed by atoms with van der Waals surface area (Å²) < 4.78 is 29.6. The van der Waals surface area contributed by atoms with Gasteiger partial charge in [-0.2, -0.15) is 0 Å². The van der Waals surface area contributed by atoms with Crippen molar-refractivity contribution in [2.75, 3.05) is 44.6 Å². The van der Waals surface area contributed by atoms with E-state index in [1.54, 1.807) is 0 Å². The van der Waals surface area contributed by atoms with E-state index in [2.05, 4.69) is 9.62 Å². The predicted octanol–water partition coefficient (Wildman–Crippen LogP) is -0.176. The first kappa shape index (κ1) is 13.2. The minimum absolute atomic E-state index is 0.370. The first-order chi connectivity index (χ1) is 7.14. The quantitative estimate of drug-likeness (QED) is 0.529. The highest BCUT2D eigenvalue weighted by Crippen LogP contribution is 1.97. The summed E-state index contributed by atoms with van der Waals surface area (Å²) in [5.41, 5.74) is 0. The van der Waals surface area contributed by atoms with Gasteiger partial charge in [-0.15, -0.1) is 11.6 Å². The fraction of sp³-hybridized carbons (Fsp3) is 1.00. The number of halogens is 1. The second kappa shape index (κ2) is 6.65. The van der Waals surface area contributed by atoms with Gasteiger partial charge < -0.3 is 4.74 Å². The van der Waals surface area contributed by atoms with E-state index in [0.29, 0.717) is 6.54 Å². The van der Waals surface area contributed by atoms with Gasteiger partial charge in [0.15, 0.2) is 0 Å². The molecule has 1 aliphatic heterocycles. The molecule has 1 saturated heterocycles. The molecule has 0 aromatic heterocycles. The number of hydrogen-bond acceptors (Lipinski definition) is 4. The Kier molecular flexibility index (Phi) is 5.84. The van der Waals surface area contributed by atoms with Crippen LogP contribution in [0.1, 0.15) is 6.42 Å². The number of hydrogen-bond donors (Lipinski definition) is 1. The van der Waals surface area contributed by atoms with Crippen LogP contribution in [0.5, 0.6) is 0 Å². The number of nitrogens with one attached hydrogen (secondary N) is 1. The summed E-state index contributed by atoms with van der Waals surface area (Å²) in [5.74, 6) is 0. The monoisotopic (exact) mass is 256 g/mol. The smallest absolute Gasteiger partial charge is 0.225 e. The molecule has 0 radical (unpaired) electrons. The van der Waals surface area contributed by atoms with Gasteiger partial charge in [0.1, 0.15) is 5.21 Å². The average molecular weight is 257 g/mol. The minimum Gasteiger partial charge on any atom is -0.379 e. The Morgan fingerprint density at radius 1 is 1.33 bits per heavy atom. The molecule has 5 nitrogen and oxygen atoms in total. The van der Waals surface area contributed by atoms with E-state index in [4.69, 9.17) is 16.3 Å². The lowest BCUT2D eigenvalue weighted by molar-refractivity contribution is 0.0376. The van der Waals surface area contributed by atoms with Gasteiger partial charge in [0, 0.05) is 19.6 Å². The van der Waals surface area contributed by atoms with Gasteiger partial charge in [-0.25, -0.2) is 13.1 Å². The normalized spacial score (nSPS) is 19.3. The number of ether oxygens (including phenoxy) is 1. The molecule has 0 spiro atoms. The molecule has 90 valence electrons. The molecule has 1 aliphatic rings. The highest BCUT2D eigenvalue weighted by atomic mass is 35.5. The zero-order valence-corrected chi connectivity index (χ0v) is 10.2. The lowest BCUT2D eigenvalue weighted by Crippen LogP contribution is -2.38. The standard InChI is InChI=1S/C8H17ClN2O3S/c9-8-15(12,13)10-2-1-3-11-4-6-14-7-5-11/h10H,1-8H2. The van der Waals surface area contributed by atoms with Crippen LogP contribution in [0.2, 0.25) is 0 Å². The molecule has 15 heavy (non-hydrogen) atoms. The van der Waals surface area contributed by atoms with E-state index in [9.17, 15) is 8.42 Å². The average Bonchev–Trinajstić information content (AvgIpc) is 2.26. The summed E-state index contributed by atoms with van der Waals surface area (Å²) >= 11 is 5.24. The summed E-state index contributed by atoms with van der Waals surface area (Å²) in [6, 6.07) is 0. The zero-order valence-electron chi connectivity index (χ0n) is 8.62. The van der Waals surface area contributed by atoms with E-state index in [-0.39, 0.29) is 5.21 Å². The van der Waals surface area contributed by atoms with Crippen molar-refractivity contribution in [1.29, 1.82) is 0 Å². The Bertz CT molecular complexity index is 265. The van der Waals surface area contributed by atoms with Crippen LogP contribution in [-0.4, -0.2) is 57.9 Å². The molecule has 0 unspecified atom stereocenters. The van der Waals surface area contributed by atoms with Crippen LogP contribution >= 0.6 is 11.6 Å². The highest BCUT2D eigenvalue weighted by Gasteiger charge is 2.10. The van der Waals surface area contributed by atoms with Crippen LogP contribution in [0, 0.1) is 0 Å². The Labute approximate surface area is 95.8 Å². The number of rotatable bonds is 6. The fourth-order valence-corrected chi connectivity index (χ4v) is 2.16. The van der Waals surface area contributed by atoms with Crippen molar-refractivity contribution in [2.45, 2.75) is 6.42 Å². The predicted molar refractivity (Wildman–Crippen MR) is 59.5 cm³/mol. The molecule has 7 heteroatoms. The molecule has 0 amide bonds. The summed E-state index contributed by atoms with van der Waals surface area (Å²) in [7, 11) is -3.25. The highest BCUT2D eigenvalue weighted by molar-refractivity contribution is 7.90. The summed E-state index contributed by atoms with van der Waals surface area (Å²) in [4.78, 5) is 2.26. The van der Waals surface area contributed by atoms with Crippen LogP contribution in [0.3, 0.4) is 0 Å². The Morgan fingerprint density at radius 2 is 2.00 bits per heavy atom. The van der Waals surface area contributed by atoms with E-state index in [1.807, 2.05) is 0 Å². The number of nitrogens with zero attached hydrogens (tertiary/aromatic N) is 1. The summed E-state index contributed by atoms with van der Waals surface area (Å²) in [5, 5.41) is -0.370. The van der Waals surface area contributed by atoms with Gasteiger partial charge in [0.2, 0.25) is 10.0 Å². The van der Waals surface area contributed by atoms with Gasteiger partial charge in [0.25, 0.3) is 0 Å². The van der Waals surface area contributed by atoms with Crippen LogP contribution in [-0.2, 0) is 14.8 Å². The maximum absolute atomic E-state index is 11.0. The molecule has 1 rings (SSSR count). The SMILES string of the molecule is O=S(=O)(CCl)NCCCN1CCOCC1. The van der Waals surface area contributed by atoms with E-state index in [1.165, 1.54) is 0 Å². The van der Waals surface area contributed by atoms with Gasteiger partial charge in [-0.3, -0.25) is 4.90 Å². The van der Waals surface area contributed by atoms with Crippen molar-refractivity contribution in [1.82, 2.24) is 9.62 Å². The second-order valence-electron chi connectivity index (χ2n) is 3.43. The van der Waals surface area contributed by atoms with Crippen LogP contribution < -0.4 is 4.72 Å². The molecule has 0 aromatic rings. The maximum Gasteiger partial charge on any atom is 0.225 e. The van der Waals surface area contributed by atoms with Gasteiger partial charge in [-0.05, 0) is 13.0 Å². The molecular weight excluding hydrogens is 240 g/mol. The molecular formula is C8H17ClN2O3S. The first-order valence-electron chi connectivity index (χ1n) is 4.97. The first-order valence-corrected chi connectivity index (χ1v) is 7.16. The third kappa shape index (κ3) is 5.67. The Hall–Kier alpha value is 0.120. The van der Waals surface area contributed by atoms with Crippen LogP contribution in [0.25, 0.3) is 0 Å². The third-order valence-corrected chi connectivity index (χ3v) is 4.01. The topological polar surface area (TPSA) is 58.6 Å². The number of sulfonamides is 1. The number of alkyl halides is 1. The maximum atomic E-state index is 11.0. The Morgan fingerprint density at radius 3 is 2.60 bits per heavy atom. The zero-order chi connectivity index (χ0) is 11.1. The van der Waals surface area contributed by atoms with Crippen molar-refractivity contribution < 1.29 is 13.2 Å². The van der Waals surface area contributed by atoms with Crippen LogP contribution in [0.15, 0.2) is 0 Å². The van der Waals surface area contributed by atoms with Crippen molar-refractivity contribution in [3.05, 3.63) is 0 Å². The lowest BCUT2D eigenvalue weighted by Gasteiger charge is -2.26. The number of morpholine rings is 1. The van der Waals surface area contributed by atoms with Crippen LogP contribution in [0.4, 0.5) is 0 Å². The van der Waals surface area contributed by atoms with Crippen molar-refractivity contribution >= 4 is 21.6 Å². The van der Waals surface area contributed by atoms with Crippen molar-refractivity contribution in [2.24, 2.45) is 0 Å². The molecule has 0 atom stereocenters. The third-order valence-electron chi connectivity index (χ3n) is 2.22. The summed E-state index contributed by atoms with van der Waals surface area (Å²) in [6.45, 7) is 4.76. The molecule has 1 N–H and O–H groups in total. The van der Waals surface area contributed by atoms with Crippen molar-refractivity contribution in [3.8, 4) is 0 Å². The van der Waals surface area contributed by atoms with Gasteiger partial charge in [-0.1, -0.05) is 0 Å². The molecule has 0 bridgehead atoms. The fourth-order valence-electron chi connectivity index (χ4n) is 1.39. The van der Waals surface area contributed by atoms with Gasteiger partial charge >= 0.3 is 0 Å². The Balaban J connectivity index is 2.06. The molecule has 1 heterocycles. The molecule has 1 fully saturated rings. The summed E-state index contributed by atoms with van der Waals surface area (Å²) in [6.07, 6.45) is 0.802. The molecule has 0 aliphatic carbocycles. The van der Waals surface area contributed by atoms with E-state index >= 15 is 0 Å². The molecule has 0 aromatic carbocycles.